The molecule has 2 aromatic carbocycles. The van der Waals surface area contributed by atoms with Crippen molar-refractivity contribution in [1.29, 1.82) is 0 Å². The molecule has 3 aromatic rings. The molecule has 2 atom stereocenters. The van der Waals surface area contributed by atoms with Gasteiger partial charge in [0.15, 0.2) is 0 Å². The molecule has 2 N–H and O–H groups in total. The highest BCUT2D eigenvalue weighted by Gasteiger charge is 2.36. The van der Waals surface area contributed by atoms with Gasteiger partial charge in [-0.3, -0.25) is 19.4 Å². The molecule has 1 aliphatic carbocycles. The molecular weight excluding hydrogens is 528 g/mol. The number of nitrogens with one attached hydrogen (secondary N) is 2. The summed E-state index contributed by atoms with van der Waals surface area (Å²) < 4.78 is 5.78. The van der Waals surface area contributed by atoms with Crippen LogP contribution in [0.2, 0.25) is 0 Å². The lowest BCUT2D eigenvalue weighted by atomic mass is 9.82. The first-order valence-corrected chi connectivity index (χ1v) is 15.1. The van der Waals surface area contributed by atoms with Gasteiger partial charge in [0, 0.05) is 49.9 Å². The van der Waals surface area contributed by atoms with Crippen molar-refractivity contribution in [2.75, 3.05) is 26.2 Å². The quantitative estimate of drug-likeness (QED) is 0.313. The summed E-state index contributed by atoms with van der Waals surface area (Å²) in [4.78, 5) is 43.5. The molecule has 2 fully saturated rings. The van der Waals surface area contributed by atoms with E-state index in [4.69, 9.17) is 4.74 Å². The summed E-state index contributed by atoms with van der Waals surface area (Å²) in [5, 5.41) is 5.77. The minimum absolute atomic E-state index is 0.0652. The van der Waals surface area contributed by atoms with Crippen LogP contribution in [-0.2, 0) is 27.3 Å². The van der Waals surface area contributed by atoms with Gasteiger partial charge in [-0.05, 0) is 54.0 Å². The average molecular weight is 569 g/mol. The monoisotopic (exact) mass is 568 g/mol. The molecule has 1 aliphatic heterocycles. The Morgan fingerprint density at radius 2 is 1.52 bits per heavy atom. The van der Waals surface area contributed by atoms with Gasteiger partial charge in [0.25, 0.3) is 0 Å². The zero-order valence-corrected chi connectivity index (χ0v) is 24.1. The number of hydrogen-bond acceptors (Lipinski definition) is 5. The van der Waals surface area contributed by atoms with Crippen LogP contribution in [0.15, 0.2) is 72.9 Å². The van der Waals surface area contributed by atoms with Crippen molar-refractivity contribution in [1.82, 2.24) is 20.5 Å². The van der Waals surface area contributed by atoms with E-state index in [-0.39, 0.29) is 37.0 Å². The van der Waals surface area contributed by atoms with E-state index >= 15 is 0 Å². The van der Waals surface area contributed by atoms with Crippen LogP contribution < -0.4 is 15.4 Å². The van der Waals surface area contributed by atoms with E-state index in [1.165, 1.54) is 25.7 Å². The van der Waals surface area contributed by atoms with Gasteiger partial charge >= 0.3 is 0 Å². The van der Waals surface area contributed by atoms with Crippen LogP contribution in [0.4, 0.5) is 0 Å². The summed E-state index contributed by atoms with van der Waals surface area (Å²) in [6, 6.07) is 21.3. The molecule has 42 heavy (non-hydrogen) atoms. The Kier molecular flexibility index (Phi) is 10.2. The number of amides is 3. The Morgan fingerprint density at radius 1 is 0.810 bits per heavy atom. The van der Waals surface area contributed by atoms with Crippen molar-refractivity contribution in [3.05, 3.63) is 84.2 Å². The number of pyridine rings is 1. The minimum Gasteiger partial charge on any atom is -0.492 e. The summed E-state index contributed by atoms with van der Waals surface area (Å²) >= 11 is 0. The third-order valence-corrected chi connectivity index (χ3v) is 8.27. The fourth-order valence-electron chi connectivity index (χ4n) is 5.90. The van der Waals surface area contributed by atoms with Gasteiger partial charge in [0.2, 0.25) is 17.7 Å². The van der Waals surface area contributed by atoms with Crippen LogP contribution in [0.1, 0.15) is 49.8 Å². The zero-order valence-electron chi connectivity index (χ0n) is 24.1. The van der Waals surface area contributed by atoms with E-state index < -0.39 is 0 Å². The van der Waals surface area contributed by atoms with Crippen LogP contribution in [0.3, 0.4) is 0 Å². The van der Waals surface area contributed by atoms with Crippen LogP contribution in [-0.4, -0.2) is 53.8 Å². The number of carbonyl (C=O) groups excluding carboxylic acids is 3. The Hall–Kier alpha value is -4.20. The summed E-state index contributed by atoms with van der Waals surface area (Å²) in [5.74, 6) is 1.95. The van der Waals surface area contributed by atoms with Crippen molar-refractivity contribution in [3.8, 4) is 16.9 Å². The molecule has 2 aliphatic rings. The van der Waals surface area contributed by atoms with Gasteiger partial charge in [0.1, 0.15) is 12.4 Å². The average Bonchev–Trinajstić information content (AvgIpc) is 3.47. The molecule has 8 heteroatoms. The number of rotatable bonds is 12. The van der Waals surface area contributed by atoms with Gasteiger partial charge in [-0.25, -0.2) is 0 Å². The standard InChI is InChI=1S/C34H40N4O4/c39-32(16-17-34(41)38-23-28-8-4-5-9-29(28)24-38)35-18-19-42-31-14-11-26(12-15-31)27-10-13-30(36-22-27)20-33(40)37-21-25-6-2-1-3-7-25/h1-3,6-7,10-15,22,28-29H,4-5,8-9,16-21,23-24H2,(H,35,39)(H,37,40). The molecule has 1 aromatic heterocycles. The molecule has 0 spiro atoms. The smallest absolute Gasteiger partial charge is 0.226 e. The SMILES string of the molecule is O=C(CCC(=O)N1CC2CCCCC2C1)NCCOc1ccc(-c2ccc(CC(=O)NCc3ccccc3)nc2)cc1. The number of likely N-dealkylation sites (tertiary alicyclic amines) is 1. The largest absolute Gasteiger partial charge is 0.492 e. The molecule has 5 rings (SSSR count). The molecular formula is C34H40N4O4. The van der Waals surface area contributed by atoms with Gasteiger partial charge in [0.05, 0.1) is 13.0 Å². The second-order valence-corrected chi connectivity index (χ2v) is 11.3. The fraction of sp³-hybridized carbons (Fsp3) is 0.412. The molecule has 2 heterocycles. The second-order valence-electron chi connectivity index (χ2n) is 11.3. The first-order valence-electron chi connectivity index (χ1n) is 15.1. The molecule has 3 amide bonds. The molecule has 8 nitrogen and oxygen atoms in total. The Balaban J connectivity index is 0.971. The molecule has 0 radical (unpaired) electrons. The lowest BCUT2D eigenvalue weighted by molar-refractivity contribution is -0.133. The Morgan fingerprint density at radius 3 is 2.21 bits per heavy atom. The van der Waals surface area contributed by atoms with Crippen LogP contribution in [0, 0.1) is 11.8 Å². The van der Waals surface area contributed by atoms with E-state index in [2.05, 4.69) is 15.6 Å². The third-order valence-electron chi connectivity index (χ3n) is 8.27. The third kappa shape index (κ3) is 8.41. The maximum atomic E-state index is 12.6. The van der Waals surface area contributed by atoms with Gasteiger partial charge in [-0.15, -0.1) is 0 Å². The fourth-order valence-corrected chi connectivity index (χ4v) is 5.90. The lowest BCUT2D eigenvalue weighted by Crippen LogP contribution is -2.32. The number of ether oxygens (including phenoxy) is 1. The van der Waals surface area contributed by atoms with E-state index in [1.54, 1.807) is 6.20 Å². The minimum atomic E-state index is -0.122. The van der Waals surface area contributed by atoms with E-state index in [0.717, 1.165) is 29.8 Å². The maximum absolute atomic E-state index is 12.6. The zero-order chi connectivity index (χ0) is 29.1. The van der Waals surface area contributed by atoms with Crippen LogP contribution >= 0.6 is 0 Å². The predicted octanol–water partition coefficient (Wildman–Crippen LogP) is 4.53. The second kappa shape index (κ2) is 14.6. The van der Waals surface area contributed by atoms with Gasteiger partial charge in [-0.1, -0.05) is 61.4 Å². The normalized spacial score (nSPS) is 17.8. The molecule has 2 unspecified atom stereocenters. The number of nitrogens with zero attached hydrogens (tertiary/aromatic N) is 2. The lowest BCUT2D eigenvalue weighted by Gasteiger charge is -2.22. The number of aromatic nitrogens is 1. The summed E-state index contributed by atoms with van der Waals surface area (Å²) in [5.41, 5.74) is 3.71. The van der Waals surface area contributed by atoms with Crippen molar-refractivity contribution in [2.24, 2.45) is 11.8 Å². The highest BCUT2D eigenvalue weighted by molar-refractivity contribution is 5.84. The number of hydrogen-bond donors (Lipinski definition) is 2. The van der Waals surface area contributed by atoms with Crippen molar-refractivity contribution < 1.29 is 19.1 Å². The van der Waals surface area contributed by atoms with E-state index in [0.29, 0.717) is 43.0 Å². The molecule has 1 saturated carbocycles. The van der Waals surface area contributed by atoms with E-state index in [9.17, 15) is 14.4 Å². The maximum Gasteiger partial charge on any atom is 0.226 e. The Labute approximate surface area is 247 Å². The Bertz CT molecular complexity index is 1310. The van der Waals surface area contributed by atoms with Crippen molar-refractivity contribution in [3.63, 3.8) is 0 Å². The first-order chi connectivity index (χ1) is 20.5. The highest BCUT2D eigenvalue weighted by atomic mass is 16.5. The molecule has 0 bridgehead atoms. The molecule has 220 valence electrons. The van der Waals surface area contributed by atoms with Gasteiger partial charge in [-0.2, -0.15) is 0 Å². The first kappa shape index (κ1) is 29.3. The van der Waals surface area contributed by atoms with Crippen molar-refractivity contribution >= 4 is 17.7 Å². The number of fused-ring (bicyclic) bond motifs is 1. The van der Waals surface area contributed by atoms with Gasteiger partial charge < -0.3 is 20.3 Å². The summed E-state index contributed by atoms with van der Waals surface area (Å²) in [6.45, 7) is 2.96. The van der Waals surface area contributed by atoms with Crippen LogP contribution in [0.5, 0.6) is 5.75 Å². The number of benzene rings is 2. The summed E-state index contributed by atoms with van der Waals surface area (Å²) in [6.07, 6.45) is 7.51. The highest BCUT2D eigenvalue weighted by Crippen LogP contribution is 2.36. The molecule has 1 saturated heterocycles. The summed E-state index contributed by atoms with van der Waals surface area (Å²) in [7, 11) is 0. The van der Waals surface area contributed by atoms with Crippen LogP contribution in [0.25, 0.3) is 11.1 Å². The topological polar surface area (TPSA) is 101 Å². The predicted molar refractivity (Wildman–Crippen MR) is 161 cm³/mol. The van der Waals surface area contributed by atoms with E-state index in [1.807, 2.05) is 71.6 Å². The van der Waals surface area contributed by atoms with Crippen molar-refractivity contribution in [2.45, 2.75) is 51.5 Å². The number of carbonyl (C=O) groups is 3.